The molecule has 8 nitrogen and oxygen atoms in total. The van der Waals surface area contributed by atoms with Gasteiger partial charge in [0.25, 0.3) is 0 Å². The lowest BCUT2D eigenvalue weighted by atomic mass is 9.79. The number of carboxylic acid groups (broad SMARTS) is 1. The number of hydrogen-bond donors (Lipinski definition) is 4. The summed E-state index contributed by atoms with van der Waals surface area (Å²) in [7, 11) is 0. The maximum atomic E-state index is 12.3. The van der Waals surface area contributed by atoms with Gasteiger partial charge < -0.3 is 29.9 Å². The normalized spacial score (nSPS) is 24.7. The number of aliphatic hydroxyl groups is 2. The number of phenols is 1. The van der Waals surface area contributed by atoms with Crippen LogP contribution in [0.15, 0.2) is 54.6 Å². The van der Waals surface area contributed by atoms with Crippen molar-refractivity contribution in [3.8, 4) is 5.75 Å². The zero-order valence-electron chi connectivity index (χ0n) is 18.3. The third kappa shape index (κ3) is 6.80. The van der Waals surface area contributed by atoms with Crippen molar-refractivity contribution in [2.45, 2.75) is 49.6 Å². The lowest BCUT2D eigenvalue weighted by Gasteiger charge is -2.41. The average Bonchev–Trinajstić information content (AvgIpc) is 2.80. The molecule has 4 N–H and O–H groups in total. The second-order valence-corrected chi connectivity index (χ2v) is 8.68. The molecule has 1 saturated carbocycles. The predicted octanol–water partition coefficient (Wildman–Crippen LogP) is 2.96. The van der Waals surface area contributed by atoms with E-state index in [2.05, 4.69) is 0 Å². The molecule has 1 aliphatic carbocycles. The van der Waals surface area contributed by atoms with Gasteiger partial charge in [0.05, 0.1) is 6.10 Å². The number of aliphatic hydroxyl groups excluding tert-OH is 2. The Balaban J connectivity index is 1.61. The van der Waals surface area contributed by atoms with Crippen molar-refractivity contribution in [1.82, 2.24) is 0 Å². The number of carbonyl (C=O) groups is 2. The Morgan fingerprint density at radius 1 is 1.06 bits per heavy atom. The Morgan fingerprint density at radius 2 is 1.74 bits per heavy atom. The summed E-state index contributed by atoms with van der Waals surface area (Å²) in [6.07, 6.45) is -1.07. The van der Waals surface area contributed by atoms with Gasteiger partial charge in [-0.2, -0.15) is 0 Å². The molecule has 9 heteroatoms. The van der Waals surface area contributed by atoms with Crippen molar-refractivity contribution in [3.05, 3.63) is 70.8 Å². The molecule has 0 unspecified atom stereocenters. The number of phenolic OH excluding ortho intramolecular Hbond substituents is 1. The van der Waals surface area contributed by atoms with E-state index < -0.39 is 35.9 Å². The number of carboxylic acids is 1. The van der Waals surface area contributed by atoms with Crippen LogP contribution in [0, 0.1) is 0 Å². The summed E-state index contributed by atoms with van der Waals surface area (Å²) in [5.74, 6) is -2.03. The van der Waals surface area contributed by atoms with Crippen LogP contribution in [-0.4, -0.2) is 62.9 Å². The minimum absolute atomic E-state index is 0.0808. The Bertz CT molecular complexity index is 1000. The molecule has 0 bridgehead atoms. The first kappa shape index (κ1) is 25.7. The number of halogens is 1. The minimum atomic E-state index is -1.80. The van der Waals surface area contributed by atoms with E-state index >= 15 is 0 Å². The molecule has 3 rings (SSSR count). The molecule has 1 aliphatic rings. The Morgan fingerprint density at radius 3 is 2.38 bits per heavy atom. The molecule has 2 aromatic carbocycles. The monoisotopic (exact) mass is 490 g/mol. The number of benzene rings is 2. The van der Waals surface area contributed by atoms with Gasteiger partial charge in [0.15, 0.2) is 5.60 Å². The standard InChI is InChI=1S/C25H27ClO8/c26-18-8-3-16(4-9-18)2-1-13-33-25(24(31)32)14-20(28)23(30)21(15-25)34-22(29)12-7-17-5-10-19(27)11-6-17/h3-12,20-21,23,27-28,30H,1-2,13-15H2,(H,31,32)/t20-,21+,23+,25-/m0/s1. The lowest BCUT2D eigenvalue weighted by Crippen LogP contribution is -2.58. The van der Waals surface area contributed by atoms with Crippen LogP contribution in [0.5, 0.6) is 5.75 Å². The molecule has 0 spiro atoms. The van der Waals surface area contributed by atoms with Gasteiger partial charge in [-0.25, -0.2) is 9.59 Å². The molecule has 0 aliphatic heterocycles. The Labute approximate surface area is 202 Å². The smallest absolute Gasteiger partial charge is 0.336 e. The summed E-state index contributed by atoms with van der Waals surface area (Å²) in [6.45, 7) is 0.0964. The van der Waals surface area contributed by atoms with E-state index in [0.29, 0.717) is 23.4 Å². The highest BCUT2D eigenvalue weighted by Gasteiger charge is 2.52. The van der Waals surface area contributed by atoms with Gasteiger partial charge >= 0.3 is 11.9 Å². The van der Waals surface area contributed by atoms with Crippen LogP contribution in [0.2, 0.25) is 5.02 Å². The number of aliphatic carboxylic acids is 1. The van der Waals surface area contributed by atoms with Crippen molar-refractivity contribution in [1.29, 1.82) is 0 Å². The van der Waals surface area contributed by atoms with E-state index in [9.17, 15) is 30.0 Å². The van der Waals surface area contributed by atoms with E-state index in [1.807, 2.05) is 12.1 Å². The quantitative estimate of drug-likeness (QED) is 0.239. The van der Waals surface area contributed by atoms with Crippen LogP contribution in [-0.2, 0) is 25.5 Å². The molecule has 0 aromatic heterocycles. The highest BCUT2D eigenvalue weighted by molar-refractivity contribution is 6.30. The van der Waals surface area contributed by atoms with Gasteiger partial charge in [0.2, 0.25) is 0 Å². The summed E-state index contributed by atoms with van der Waals surface area (Å²) in [4.78, 5) is 24.4. The minimum Gasteiger partial charge on any atom is -0.508 e. The van der Waals surface area contributed by atoms with Gasteiger partial charge in [-0.05, 0) is 54.3 Å². The summed E-state index contributed by atoms with van der Waals surface area (Å²) >= 11 is 5.88. The Kier molecular flexibility index (Phi) is 8.68. The molecular formula is C25H27ClO8. The van der Waals surface area contributed by atoms with E-state index in [1.165, 1.54) is 18.2 Å². The largest absolute Gasteiger partial charge is 0.508 e. The first-order valence-electron chi connectivity index (χ1n) is 10.8. The summed E-state index contributed by atoms with van der Waals surface area (Å²) in [5, 5.41) is 40.4. The molecule has 0 saturated heterocycles. The summed E-state index contributed by atoms with van der Waals surface area (Å²) < 4.78 is 11.0. The molecule has 0 amide bonds. The number of rotatable bonds is 9. The Hall–Kier alpha value is -2.91. The third-order valence-corrected chi connectivity index (χ3v) is 5.96. The van der Waals surface area contributed by atoms with E-state index in [1.54, 1.807) is 24.3 Å². The lowest BCUT2D eigenvalue weighted by molar-refractivity contribution is -0.207. The van der Waals surface area contributed by atoms with Crippen molar-refractivity contribution in [2.75, 3.05) is 6.61 Å². The number of esters is 1. The van der Waals surface area contributed by atoms with Gasteiger partial charge in [-0.15, -0.1) is 0 Å². The van der Waals surface area contributed by atoms with Crippen LogP contribution in [0.3, 0.4) is 0 Å². The zero-order valence-corrected chi connectivity index (χ0v) is 19.1. The van der Waals surface area contributed by atoms with Crippen molar-refractivity contribution >= 4 is 29.6 Å². The fourth-order valence-electron chi connectivity index (χ4n) is 3.83. The second kappa shape index (κ2) is 11.5. The molecule has 1 fully saturated rings. The van der Waals surface area contributed by atoms with Crippen LogP contribution in [0.25, 0.3) is 6.08 Å². The zero-order chi connectivity index (χ0) is 24.7. The first-order valence-corrected chi connectivity index (χ1v) is 11.2. The predicted molar refractivity (Wildman–Crippen MR) is 124 cm³/mol. The highest BCUT2D eigenvalue weighted by Crippen LogP contribution is 2.35. The fourth-order valence-corrected chi connectivity index (χ4v) is 3.96. The van der Waals surface area contributed by atoms with Gasteiger partial charge in [-0.1, -0.05) is 35.9 Å². The average molecular weight is 491 g/mol. The number of ether oxygens (including phenoxy) is 2. The first-order chi connectivity index (χ1) is 16.2. The number of aryl methyl sites for hydroxylation is 1. The second-order valence-electron chi connectivity index (χ2n) is 8.24. The molecule has 182 valence electrons. The van der Waals surface area contributed by atoms with Crippen molar-refractivity contribution in [2.24, 2.45) is 0 Å². The molecular weight excluding hydrogens is 464 g/mol. The molecule has 0 radical (unpaired) electrons. The van der Waals surface area contributed by atoms with Gasteiger partial charge in [0.1, 0.15) is 18.0 Å². The number of carbonyl (C=O) groups excluding carboxylic acids is 1. The van der Waals surface area contributed by atoms with Crippen LogP contribution < -0.4 is 0 Å². The van der Waals surface area contributed by atoms with Gasteiger partial charge in [0, 0.05) is 30.5 Å². The topological polar surface area (TPSA) is 134 Å². The van der Waals surface area contributed by atoms with Crippen molar-refractivity contribution in [3.63, 3.8) is 0 Å². The SMILES string of the molecule is O=C(C=Cc1ccc(O)cc1)O[C@@H]1C[C@](OCCCc2ccc(Cl)cc2)(C(=O)O)C[C@H](O)[C@H]1O. The van der Waals surface area contributed by atoms with E-state index in [0.717, 1.165) is 11.6 Å². The van der Waals surface area contributed by atoms with E-state index in [-0.39, 0.29) is 25.2 Å². The summed E-state index contributed by atoms with van der Waals surface area (Å²) in [5.41, 5.74) is -0.156. The number of hydrogen-bond acceptors (Lipinski definition) is 7. The van der Waals surface area contributed by atoms with Crippen LogP contribution in [0.1, 0.15) is 30.4 Å². The number of aromatic hydroxyl groups is 1. The van der Waals surface area contributed by atoms with Crippen molar-refractivity contribution < 1.29 is 39.5 Å². The molecule has 34 heavy (non-hydrogen) atoms. The van der Waals surface area contributed by atoms with E-state index in [4.69, 9.17) is 21.1 Å². The molecule has 4 atom stereocenters. The van der Waals surface area contributed by atoms with Crippen LogP contribution in [0.4, 0.5) is 0 Å². The maximum absolute atomic E-state index is 12.3. The van der Waals surface area contributed by atoms with Crippen LogP contribution >= 0.6 is 11.6 Å². The van der Waals surface area contributed by atoms with Gasteiger partial charge in [-0.3, -0.25) is 0 Å². The third-order valence-electron chi connectivity index (χ3n) is 5.71. The molecule has 0 heterocycles. The molecule has 2 aromatic rings. The summed E-state index contributed by atoms with van der Waals surface area (Å²) in [6, 6.07) is 13.4. The fraction of sp³-hybridized carbons (Fsp3) is 0.360. The maximum Gasteiger partial charge on any atom is 0.336 e. The highest BCUT2D eigenvalue weighted by atomic mass is 35.5.